The Balaban J connectivity index is 2.35. The van der Waals surface area contributed by atoms with Crippen molar-refractivity contribution >= 4 is 5.91 Å². The van der Waals surface area contributed by atoms with E-state index in [0.717, 1.165) is 38.6 Å². The van der Waals surface area contributed by atoms with Gasteiger partial charge in [0, 0.05) is 12.6 Å². The zero-order valence-corrected chi connectivity index (χ0v) is 9.59. The van der Waals surface area contributed by atoms with Gasteiger partial charge in [0.2, 0.25) is 5.91 Å². The summed E-state index contributed by atoms with van der Waals surface area (Å²) in [5.41, 5.74) is 0. The van der Waals surface area contributed by atoms with Gasteiger partial charge >= 0.3 is 0 Å². The van der Waals surface area contributed by atoms with E-state index in [1.165, 1.54) is 0 Å². The number of rotatable bonds is 6. The van der Waals surface area contributed by atoms with Crippen molar-refractivity contribution in [2.24, 2.45) is 0 Å². The summed E-state index contributed by atoms with van der Waals surface area (Å²) in [4.78, 5) is 11.5. The van der Waals surface area contributed by atoms with E-state index in [1.54, 1.807) is 0 Å². The van der Waals surface area contributed by atoms with Crippen LogP contribution in [-0.4, -0.2) is 24.5 Å². The van der Waals surface area contributed by atoms with E-state index in [4.69, 9.17) is 0 Å². The molecule has 0 aromatic carbocycles. The normalized spacial score (nSPS) is 23.3. The molecule has 86 valence electrons. The topological polar surface area (TPSA) is 41.1 Å². The van der Waals surface area contributed by atoms with Gasteiger partial charge in [-0.3, -0.25) is 4.79 Å². The Hall–Kier alpha value is -0.830. The van der Waals surface area contributed by atoms with Crippen molar-refractivity contribution in [3.63, 3.8) is 0 Å². The number of amides is 1. The van der Waals surface area contributed by atoms with Gasteiger partial charge in [-0.25, -0.2) is 0 Å². The largest absolute Gasteiger partial charge is 0.355 e. The fourth-order valence-corrected chi connectivity index (χ4v) is 1.94. The predicted octanol–water partition coefficient (Wildman–Crippen LogP) is 1.60. The fourth-order valence-electron chi connectivity index (χ4n) is 1.94. The van der Waals surface area contributed by atoms with Gasteiger partial charge < -0.3 is 10.6 Å². The van der Waals surface area contributed by atoms with E-state index in [2.05, 4.69) is 24.1 Å². The smallest absolute Gasteiger partial charge is 0.237 e. The van der Waals surface area contributed by atoms with E-state index in [-0.39, 0.29) is 11.9 Å². The van der Waals surface area contributed by atoms with Crippen LogP contribution >= 0.6 is 0 Å². The van der Waals surface area contributed by atoms with E-state index >= 15 is 0 Å². The molecule has 1 aliphatic heterocycles. The summed E-state index contributed by atoms with van der Waals surface area (Å²) in [7, 11) is 0. The highest BCUT2D eigenvalue weighted by Crippen LogP contribution is 2.08. The monoisotopic (exact) mass is 210 g/mol. The molecule has 0 bridgehead atoms. The van der Waals surface area contributed by atoms with Crippen LogP contribution in [0.4, 0.5) is 0 Å². The van der Waals surface area contributed by atoms with Crippen molar-refractivity contribution in [3.05, 3.63) is 12.7 Å². The van der Waals surface area contributed by atoms with Gasteiger partial charge in [0.1, 0.15) is 0 Å². The Morgan fingerprint density at radius 1 is 1.73 bits per heavy atom. The van der Waals surface area contributed by atoms with Crippen LogP contribution in [0.15, 0.2) is 12.7 Å². The lowest BCUT2D eigenvalue weighted by atomic mass is 10.0. The molecule has 1 amide bonds. The average Bonchev–Trinajstić information content (AvgIpc) is 2.26. The molecule has 0 unspecified atom stereocenters. The van der Waals surface area contributed by atoms with Crippen LogP contribution in [0.1, 0.15) is 39.0 Å². The SMILES string of the molecule is C=CCC[C@H](CC)N[C@@H]1CCCNC1=O. The number of hydrogen-bond acceptors (Lipinski definition) is 2. The Kier molecular flexibility index (Phi) is 5.40. The Bertz CT molecular complexity index is 216. The predicted molar refractivity (Wildman–Crippen MR) is 62.7 cm³/mol. The van der Waals surface area contributed by atoms with Crippen LogP contribution in [0, 0.1) is 0 Å². The number of nitrogens with one attached hydrogen (secondary N) is 2. The molecule has 3 heteroatoms. The van der Waals surface area contributed by atoms with Crippen LogP contribution in [-0.2, 0) is 4.79 Å². The number of hydrogen-bond donors (Lipinski definition) is 2. The molecular formula is C12H22N2O. The molecule has 0 aromatic rings. The average molecular weight is 210 g/mol. The van der Waals surface area contributed by atoms with E-state index < -0.39 is 0 Å². The molecule has 1 rings (SSSR count). The van der Waals surface area contributed by atoms with Crippen LogP contribution < -0.4 is 10.6 Å². The lowest BCUT2D eigenvalue weighted by Crippen LogP contribution is -2.51. The van der Waals surface area contributed by atoms with E-state index in [9.17, 15) is 4.79 Å². The van der Waals surface area contributed by atoms with Gasteiger partial charge in [0.25, 0.3) is 0 Å². The van der Waals surface area contributed by atoms with Gasteiger partial charge in [-0.2, -0.15) is 0 Å². The highest BCUT2D eigenvalue weighted by molar-refractivity contribution is 5.82. The lowest BCUT2D eigenvalue weighted by molar-refractivity contribution is -0.124. The Morgan fingerprint density at radius 2 is 2.53 bits per heavy atom. The van der Waals surface area contributed by atoms with Gasteiger partial charge in [0.05, 0.1) is 6.04 Å². The van der Waals surface area contributed by atoms with E-state index in [1.807, 2.05) is 6.08 Å². The summed E-state index contributed by atoms with van der Waals surface area (Å²) in [6, 6.07) is 0.463. The fraction of sp³-hybridized carbons (Fsp3) is 0.750. The zero-order chi connectivity index (χ0) is 11.1. The highest BCUT2D eigenvalue weighted by Gasteiger charge is 2.23. The molecule has 1 saturated heterocycles. The first-order chi connectivity index (χ1) is 7.27. The number of carbonyl (C=O) groups excluding carboxylic acids is 1. The summed E-state index contributed by atoms with van der Waals surface area (Å²) in [6.07, 6.45) is 7.14. The molecule has 3 nitrogen and oxygen atoms in total. The minimum absolute atomic E-state index is 0.0218. The number of carbonyl (C=O) groups is 1. The molecule has 1 aliphatic rings. The van der Waals surface area contributed by atoms with E-state index in [0.29, 0.717) is 6.04 Å². The molecule has 0 aliphatic carbocycles. The summed E-state index contributed by atoms with van der Waals surface area (Å²) < 4.78 is 0. The summed E-state index contributed by atoms with van der Waals surface area (Å²) >= 11 is 0. The van der Waals surface area contributed by atoms with Gasteiger partial charge in [0.15, 0.2) is 0 Å². The van der Waals surface area contributed by atoms with Gasteiger partial charge in [-0.1, -0.05) is 13.0 Å². The first-order valence-corrected chi connectivity index (χ1v) is 5.92. The van der Waals surface area contributed by atoms with Crippen LogP contribution in [0.2, 0.25) is 0 Å². The maximum atomic E-state index is 11.5. The molecule has 0 spiro atoms. The molecule has 2 N–H and O–H groups in total. The molecule has 0 aromatic heterocycles. The highest BCUT2D eigenvalue weighted by atomic mass is 16.2. The zero-order valence-electron chi connectivity index (χ0n) is 9.59. The van der Waals surface area contributed by atoms with Crippen molar-refractivity contribution in [1.29, 1.82) is 0 Å². The number of allylic oxidation sites excluding steroid dienone is 1. The molecule has 1 heterocycles. The van der Waals surface area contributed by atoms with Crippen molar-refractivity contribution in [1.82, 2.24) is 10.6 Å². The summed E-state index contributed by atoms with van der Waals surface area (Å²) in [5, 5.41) is 6.33. The maximum absolute atomic E-state index is 11.5. The first kappa shape index (κ1) is 12.2. The van der Waals surface area contributed by atoms with Gasteiger partial charge in [-0.05, 0) is 32.1 Å². The van der Waals surface area contributed by atoms with Crippen molar-refractivity contribution in [3.8, 4) is 0 Å². The quantitative estimate of drug-likeness (QED) is 0.654. The molecule has 15 heavy (non-hydrogen) atoms. The molecular weight excluding hydrogens is 188 g/mol. The third-order valence-electron chi connectivity index (χ3n) is 2.93. The second kappa shape index (κ2) is 6.62. The third kappa shape index (κ3) is 4.04. The Morgan fingerprint density at radius 3 is 3.13 bits per heavy atom. The van der Waals surface area contributed by atoms with Crippen molar-refractivity contribution in [2.45, 2.75) is 51.1 Å². The molecule has 0 saturated carbocycles. The molecule has 0 radical (unpaired) electrons. The lowest BCUT2D eigenvalue weighted by Gasteiger charge is -2.27. The second-order valence-corrected chi connectivity index (χ2v) is 4.12. The molecule has 2 atom stereocenters. The second-order valence-electron chi connectivity index (χ2n) is 4.12. The molecule has 1 fully saturated rings. The maximum Gasteiger partial charge on any atom is 0.237 e. The third-order valence-corrected chi connectivity index (χ3v) is 2.93. The standard InChI is InChI=1S/C12H22N2O/c1-3-5-7-10(4-2)14-11-8-6-9-13-12(11)15/h3,10-11,14H,1,4-9H2,2H3,(H,13,15)/t10-,11+/m0/s1. The van der Waals surface area contributed by atoms with Crippen LogP contribution in [0.5, 0.6) is 0 Å². The van der Waals surface area contributed by atoms with Gasteiger partial charge in [-0.15, -0.1) is 6.58 Å². The summed E-state index contributed by atoms with van der Waals surface area (Å²) in [6.45, 7) is 6.71. The Labute approximate surface area is 92.3 Å². The minimum Gasteiger partial charge on any atom is -0.355 e. The minimum atomic E-state index is 0.0218. The van der Waals surface area contributed by atoms with Crippen LogP contribution in [0.3, 0.4) is 0 Å². The van der Waals surface area contributed by atoms with Crippen LogP contribution in [0.25, 0.3) is 0 Å². The van der Waals surface area contributed by atoms with Crippen molar-refractivity contribution < 1.29 is 4.79 Å². The summed E-state index contributed by atoms with van der Waals surface area (Å²) in [5.74, 6) is 0.165. The van der Waals surface area contributed by atoms with Crippen molar-refractivity contribution in [2.75, 3.05) is 6.54 Å². The first-order valence-electron chi connectivity index (χ1n) is 5.92. The number of piperidine rings is 1.